The minimum Gasteiger partial charge on any atom is -0.0622 e. The number of rotatable bonds is 6. The van der Waals surface area contributed by atoms with Gasteiger partial charge in [-0.05, 0) is 133 Å². The van der Waals surface area contributed by atoms with Gasteiger partial charge in [0.05, 0.1) is 0 Å². The van der Waals surface area contributed by atoms with Crippen molar-refractivity contribution < 1.29 is 0 Å². The van der Waals surface area contributed by atoms with E-state index < -0.39 is 0 Å². The zero-order chi connectivity index (χ0) is 41.0. The summed E-state index contributed by atoms with van der Waals surface area (Å²) in [5.41, 5.74) is 14.8. The summed E-state index contributed by atoms with van der Waals surface area (Å²) in [4.78, 5) is 0. The maximum absolute atomic E-state index is 2.43. The van der Waals surface area contributed by atoms with Crippen LogP contribution in [0.4, 0.5) is 0 Å². The van der Waals surface area contributed by atoms with E-state index in [2.05, 4.69) is 243 Å². The van der Waals surface area contributed by atoms with Crippen molar-refractivity contribution >= 4 is 53.9 Å². The topological polar surface area (TPSA) is 0 Å². The average molecular weight is 785 g/mol. The molecule has 0 amide bonds. The maximum Gasteiger partial charge on any atom is -0.00262 e. The van der Waals surface area contributed by atoms with Gasteiger partial charge in [0.1, 0.15) is 0 Å². The van der Waals surface area contributed by atoms with Crippen LogP contribution in [0.1, 0.15) is 0 Å². The van der Waals surface area contributed by atoms with Crippen LogP contribution in [0.5, 0.6) is 0 Å². The summed E-state index contributed by atoms with van der Waals surface area (Å²) in [6, 6.07) is 89.3. The van der Waals surface area contributed by atoms with Gasteiger partial charge in [-0.25, -0.2) is 0 Å². The van der Waals surface area contributed by atoms with Crippen molar-refractivity contribution in [2.45, 2.75) is 0 Å². The Morgan fingerprint density at radius 1 is 0.161 bits per heavy atom. The van der Waals surface area contributed by atoms with E-state index in [-0.39, 0.29) is 0 Å². The lowest BCUT2D eigenvalue weighted by Crippen LogP contribution is -1.93. The zero-order valence-electron chi connectivity index (χ0n) is 34.1. The lowest BCUT2D eigenvalue weighted by atomic mass is 9.83. The molecule has 0 heteroatoms. The third-order valence-corrected chi connectivity index (χ3v) is 12.8. The van der Waals surface area contributed by atoms with Crippen LogP contribution in [0.2, 0.25) is 0 Å². The van der Waals surface area contributed by atoms with Gasteiger partial charge >= 0.3 is 0 Å². The number of benzene rings is 12. The van der Waals surface area contributed by atoms with Gasteiger partial charge in [-0.2, -0.15) is 0 Å². The van der Waals surface area contributed by atoms with Gasteiger partial charge in [0, 0.05) is 0 Å². The molecular weight excluding hydrogens is 745 g/mol. The fourth-order valence-electron chi connectivity index (χ4n) is 10.2. The minimum atomic E-state index is 1.19. The number of hydrogen-bond acceptors (Lipinski definition) is 0. The van der Waals surface area contributed by atoms with E-state index in [0.29, 0.717) is 0 Å². The van der Waals surface area contributed by atoms with Gasteiger partial charge in [-0.15, -0.1) is 0 Å². The lowest BCUT2D eigenvalue weighted by Gasteiger charge is -2.20. The van der Waals surface area contributed by atoms with Crippen molar-refractivity contribution in [2.24, 2.45) is 0 Å². The predicted octanol–water partition coefficient (Wildman–Crippen LogP) is 17.5. The second-order valence-electron chi connectivity index (χ2n) is 16.3. The summed E-state index contributed by atoms with van der Waals surface area (Å²) in [5, 5.41) is 12.5. The van der Waals surface area contributed by atoms with Crippen molar-refractivity contribution in [2.75, 3.05) is 0 Å². The third-order valence-electron chi connectivity index (χ3n) is 12.8. The molecule has 0 aliphatic rings. The molecule has 12 aromatic rings. The molecule has 0 N–H and O–H groups in total. The van der Waals surface area contributed by atoms with Crippen molar-refractivity contribution in [3.63, 3.8) is 0 Å². The van der Waals surface area contributed by atoms with E-state index in [1.54, 1.807) is 0 Å². The Hall–Kier alpha value is -8.06. The maximum atomic E-state index is 2.43. The lowest BCUT2D eigenvalue weighted by molar-refractivity contribution is 1.60. The SMILES string of the molecule is c1ccc(-c2c3ccccc3c(-c3cccc(-c4ccc5ccccc5c4-c4cccc(-c5c6ccccc6c(-c6ccccc6)c6ccccc56)c4)c3)c3ccccc23)cc1. The molecule has 62 heavy (non-hydrogen) atoms. The molecule has 0 radical (unpaired) electrons. The molecule has 0 bridgehead atoms. The molecule has 12 rings (SSSR count). The summed E-state index contributed by atoms with van der Waals surface area (Å²) < 4.78 is 0. The third kappa shape index (κ3) is 5.84. The van der Waals surface area contributed by atoms with Crippen molar-refractivity contribution in [3.05, 3.63) is 243 Å². The Kier molecular flexibility index (Phi) is 8.61. The normalized spacial score (nSPS) is 11.5. The predicted molar refractivity (Wildman–Crippen MR) is 267 cm³/mol. The summed E-state index contributed by atoms with van der Waals surface area (Å²) >= 11 is 0. The highest BCUT2D eigenvalue weighted by Crippen LogP contribution is 2.48. The largest absolute Gasteiger partial charge is 0.0622 e. The molecule has 0 spiro atoms. The second-order valence-corrected chi connectivity index (χ2v) is 16.3. The van der Waals surface area contributed by atoms with E-state index >= 15 is 0 Å². The van der Waals surface area contributed by atoms with E-state index in [9.17, 15) is 0 Å². The smallest absolute Gasteiger partial charge is 0.00262 e. The monoisotopic (exact) mass is 784 g/mol. The molecule has 0 heterocycles. The highest BCUT2D eigenvalue weighted by Gasteiger charge is 2.20. The minimum absolute atomic E-state index is 1.19. The molecular formula is C62H40. The van der Waals surface area contributed by atoms with Gasteiger partial charge in [0.15, 0.2) is 0 Å². The molecule has 0 fully saturated rings. The molecule has 12 aromatic carbocycles. The molecule has 0 unspecified atom stereocenters. The first-order valence-corrected chi connectivity index (χ1v) is 21.5. The second kappa shape index (κ2) is 14.9. The quantitative estimate of drug-likeness (QED) is 0.147. The van der Waals surface area contributed by atoms with Crippen molar-refractivity contribution in [1.29, 1.82) is 0 Å². The molecule has 288 valence electrons. The summed E-state index contributed by atoms with van der Waals surface area (Å²) in [6.07, 6.45) is 0. The van der Waals surface area contributed by atoms with Crippen LogP contribution in [0, 0.1) is 0 Å². The standard InChI is InChI=1S/C62H40/c1-3-20-42(21-4-1)58-50-29-9-13-33-54(50)61(55-34-14-10-30-51(55)58)45-25-17-24-44(39-45)49-38-37-41-19-7-8-28-48(41)60(49)46-26-18-27-47(40-46)62-56-35-15-11-31-52(56)59(43-22-5-2-6-23-43)53-32-12-16-36-57(53)62/h1-40H. The summed E-state index contributed by atoms with van der Waals surface area (Å²) in [7, 11) is 0. The van der Waals surface area contributed by atoms with Crippen LogP contribution in [0.3, 0.4) is 0 Å². The molecule has 0 nitrogen and oxygen atoms in total. The van der Waals surface area contributed by atoms with Gasteiger partial charge in [-0.1, -0.05) is 231 Å². The van der Waals surface area contributed by atoms with Gasteiger partial charge in [-0.3, -0.25) is 0 Å². The van der Waals surface area contributed by atoms with E-state index in [0.717, 1.165) is 0 Å². The van der Waals surface area contributed by atoms with Crippen LogP contribution in [-0.2, 0) is 0 Å². The highest BCUT2D eigenvalue weighted by molar-refractivity contribution is 6.23. The molecule has 0 saturated carbocycles. The van der Waals surface area contributed by atoms with Crippen LogP contribution in [-0.4, -0.2) is 0 Å². The van der Waals surface area contributed by atoms with E-state index in [1.807, 2.05) is 0 Å². The Balaban J connectivity index is 1.08. The van der Waals surface area contributed by atoms with E-state index in [1.165, 1.54) is 121 Å². The average Bonchev–Trinajstić information content (AvgIpc) is 3.35. The highest BCUT2D eigenvalue weighted by atomic mass is 14.2. The first kappa shape index (κ1) is 35.8. The van der Waals surface area contributed by atoms with Crippen LogP contribution < -0.4 is 0 Å². The fraction of sp³-hybridized carbons (Fsp3) is 0. The number of hydrogen-bond donors (Lipinski definition) is 0. The Labute approximate surface area is 361 Å². The molecule has 0 aliphatic heterocycles. The van der Waals surface area contributed by atoms with Crippen molar-refractivity contribution in [1.82, 2.24) is 0 Å². The molecule has 0 aliphatic carbocycles. The summed E-state index contributed by atoms with van der Waals surface area (Å²) in [5.74, 6) is 0. The molecule has 0 atom stereocenters. The molecule has 0 aromatic heterocycles. The first-order chi connectivity index (χ1) is 30.8. The molecule has 0 saturated heterocycles. The van der Waals surface area contributed by atoms with Crippen molar-refractivity contribution in [3.8, 4) is 66.8 Å². The van der Waals surface area contributed by atoms with E-state index in [4.69, 9.17) is 0 Å². The zero-order valence-corrected chi connectivity index (χ0v) is 34.1. The Morgan fingerprint density at radius 3 is 0.871 bits per heavy atom. The Bertz CT molecular complexity index is 3560. The van der Waals surface area contributed by atoms with Gasteiger partial charge in [0.2, 0.25) is 0 Å². The van der Waals surface area contributed by atoms with Gasteiger partial charge in [0.25, 0.3) is 0 Å². The summed E-state index contributed by atoms with van der Waals surface area (Å²) in [6.45, 7) is 0. The Morgan fingerprint density at radius 2 is 0.452 bits per heavy atom. The van der Waals surface area contributed by atoms with Crippen LogP contribution >= 0.6 is 0 Å². The fourth-order valence-corrected chi connectivity index (χ4v) is 10.2. The number of fused-ring (bicyclic) bond motifs is 5. The van der Waals surface area contributed by atoms with Crippen LogP contribution in [0.15, 0.2) is 243 Å². The van der Waals surface area contributed by atoms with Crippen LogP contribution in [0.25, 0.3) is 121 Å². The first-order valence-electron chi connectivity index (χ1n) is 21.5. The van der Waals surface area contributed by atoms with Gasteiger partial charge < -0.3 is 0 Å².